The summed E-state index contributed by atoms with van der Waals surface area (Å²) < 4.78 is 5.62. The summed E-state index contributed by atoms with van der Waals surface area (Å²) in [4.78, 5) is 10.4. The van der Waals surface area contributed by atoms with Crippen molar-refractivity contribution in [2.24, 2.45) is 10.4 Å². The molecule has 4 rings (SSSR count). The van der Waals surface area contributed by atoms with E-state index in [-0.39, 0.29) is 0 Å². The summed E-state index contributed by atoms with van der Waals surface area (Å²) in [6.07, 6.45) is 3.38. The van der Waals surface area contributed by atoms with Crippen molar-refractivity contribution >= 4 is 16.9 Å². The van der Waals surface area contributed by atoms with Gasteiger partial charge in [0, 0.05) is 56.3 Å². The molecular weight excluding hydrogens is 300 g/mol. The molecule has 1 unspecified atom stereocenters. The molecule has 1 aromatic heterocycles. The Hall–Kier alpha value is -2.01. The van der Waals surface area contributed by atoms with Crippen LogP contribution < -0.4 is 5.32 Å². The maximum Gasteiger partial charge on any atom is 0.193 e. The lowest BCUT2D eigenvalue weighted by atomic mass is 9.87. The number of rotatable bonds is 3. The van der Waals surface area contributed by atoms with Gasteiger partial charge in [-0.05, 0) is 30.4 Å². The van der Waals surface area contributed by atoms with Crippen molar-refractivity contribution in [3.8, 4) is 0 Å². The van der Waals surface area contributed by atoms with Crippen molar-refractivity contribution in [3.63, 3.8) is 0 Å². The highest BCUT2D eigenvalue weighted by Gasteiger charge is 2.42. The van der Waals surface area contributed by atoms with Gasteiger partial charge in [0.15, 0.2) is 5.96 Å². The van der Waals surface area contributed by atoms with Gasteiger partial charge in [-0.15, -0.1) is 0 Å². The standard InChI is InChI=1S/C19H26N4O/c1-20-18(23-10-7-19(13-23)8-11-24-14-19)21-9-6-16-12-15-4-2-3-5-17(15)22-16/h2-5,12,22H,6-11,13-14H2,1H3,(H,20,21). The van der Waals surface area contributed by atoms with Gasteiger partial charge in [0.1, 0.15) is 0 Å². The second-order valence-corrected chi connectivity index (χ2v) is 7.08. The first kappa shape index (κ1) is 15.5. The lowest BCUT2D eigenvalue weighted by Crippen LogP contribution is -2.42. The van der Waals surface area contributed by atoms with Crippen LogP contribution in [0.2, 0.25) is 0 Å². The van der Waals surface area contributed by atoms with E-state index < -0.39 is 0 Å². The molecule has 5 heteroatoms. The zero-order chi connectivity index (χ0) is 16.4. The van der Waals surface area contributed by atoms with Crippen molar-refractivity contribution < 1.29 is 4.74 Å². The maximum absolute atomic E-state index is 5.62. The number of H-pyrrole nitrogens is 1. The molecule has 0 bridgehead atoms. The van der Waals surface area contributed by atoms with Crippen LogP contribution in [0, 0.1) is 5.41 Å². The lowest BCUT2D eigenvalue weighted by molar-refractivity contribution is 0.156. The third kappa shape index (κ3) is 3.00. The van der Waals surface area contributed by atoms with Crippen LogP contribution in [0.1, 0.15) is 18.5 Å². The second kappa shape index (κ2) is 6.48. The molecule has 2 aliphatic rings. The summed E-state index contributed by atoms with van der Waals surface area (Å²) in [6, 6.07) is 10.7. The van der Waals surface area contributed by atoms with Crippen LogP contribution in [0.4, 0.5) is 0 Å². The molecule has 2 fully saturated rings. The number of hydrogen-bond donors (Lipinski definition) is 2. The highest BCUT2D eigenvalue weighted by Crippen LogP contribution is 2.38. The summed E-state index contributed by atoms with van der Waals surface area (Å²) in [5.41, 5.74) is 2.84. The maximum atomic E-state index is 5.62. The van der Waals surface area contributed by atoms with E-state index in [1.807, 2.05) is 7.05 Å². The Balaban J connectivity index is 1.32. The molecule has 2 N–H and O–H groups in total. The first-order valence-corrected chi connectivity index (χ1v) is 8.88. The molecule has 0 saturated carbocycles. The zero-order valence-electron chi connectivity index (χ0n) is 14.3. The van der Waals surface area contributed by atoms with Crippen LogP contribution in [-0.2, 0) is 11.2 Å². The number of benzene rings is 1. The van der Waals surface area contributed by atoms with Crippen LogP contribution >= 0.6 is 0 Å². The average Bonchev–Trinajstić information content (AvgIpc) is 3.32. The van der Waals surface area contributed by atoms with Crippen molar-refractivity contribution in [2.45, 2.75) is 19.3 Å². The smallest absolute Gasteiger partial charge is 0.193 e. The molecule has 2 aliphatic heterocycles. The van der Waals surface area contributed by atoms with E-state index in [0.29, 0.717) is 5.41 Å². The van der Waals surface area contributed by atoms with E-state index in [0.717, 1.165) is 45.2 Å². The molecule has 5 nitrogen and oxygen atoms in total. The Morgan fingerprint density at radius 2 is 2.29 bits per heavy atom. The van der Waals surface area contributed by atoms with Crippen molar-refractivity contribution in [2.75, 3.05) is 39.9 Å². The lowest BCUT2D eigenvalue weighted by Gasteiger charge is -2.24. The van der Waals surface area contributed by atoms with E-state index in [4.69, 9.17) is 4.74 Å². The minimum atomic E-state index is 0.370. The quantitative estimate of drug-likeness (QED) is 0.673. The molecule has 128 valence electrons. The fourth-order valence-corrected chi connectivity index (χ4v) is 4.00. The predicted octanol–water partition coefficient (Wildman–Crippen LogP) is 2.40. The minimum Gasteiger partial charge on any atom is -0.381 e. The molecule has 1 aromatic carbocycles. The van der Waals surface area contributed by atoms with Crippen LogP contribution in [-0.4, -0.2) is 55.7 Å². The molecule has 0 radical (unpaired) electrons. The molecule has 1 spiro atoms. The Bertz CT molecular complexity index is 697. The minimum absolute atomic E-state index is 0.370. The van der Waals surface area contributed by atoms with Crippen LogP contribution in [0.15, 0.2) is 35.3 Å². The summed E-state index contributed by atoms with van der Waals surface area (Å²) in [7, 11) is 1.88. The summed E-state index contributed by atoms with van der Waals surface area (Å²) in [5.74, 6) is 1.02. The summed E-state index contributed by atoms with van der Waals surface area (Å²) in [6.45, 7) is 4.86. The Morgan fingerprint density at radius 1 is 1.38 bits per heavy atom. The summed E-state index contributed by atoms with van der Waals surface area (Å²) >= 11 is 0. The Kier molecular flexibility index (Phi) is 4.19. The van der Waals surface area contributed by atoms with Gasteiger partial charge in [-0.3, -0.25) is 4.99 Å². The van der Waals surface area contributed by atoms with Gasteiger partial charge < -0.3 is 19.9 Å². The van der Waals surface area contributed by atoms with E-state index >= 15 is 0 Å². The number of hydrogen-bond acceptors (Lipinski definition) is 2. The van der Waals surface area contributed by atoms with E-state index in [9.17, 15) is 0 Å². The number of para-hydroxylation sites is 1. The molecule has 1 atom stereocenters. The van der Waals surface area contributed by atoms with E-state index in [2.05, 4.69) is 50.5 Å². The van der Waals surface area contributed by atoms with Gasteiger partial charge in [0.05, 0.1) is 6.61 Å². The molecule has 2 aromatic rings. The van der Waals surface area contributed by atoms with Gasteiger partial charge in [-0.2, -0.15) is 0 Å². The summed E-state index contributed by atoms with van der Waals surface area (Å²) in [5, 5.41) is 4.80. The van der Waals surface area contributed by atoms with Crippen LogP contribution in [0.25, 0.3) is 10.9 Å². The van der Waals surface area contributed by atoms with E-state index in [1.165, 1.54) is 29.4 Å². The molecular formula is C19H26N4O. The van der Waals surface area contributed by atoms with Crippen molar-refractivity contribution in [3.05, 3.63) is 36.0 Å². The van der Waals surface area contributed by atoms with Crippen molar-refractivity contribution in [1.29, 1.82) is 0 Å². The molecule has 0 aliphatic carbocycles. The molecule has 2 saturated heterocycles. The molecule has 24 heavy (non-hydrogen) atoms. The number of aromatic nitrogens is 1. The first-order chi connectivity index (χ1) is 11.8. The number of guanidine groups is 1. The normalized spacial score (nSPS) is 24.4. The number of fused-ring (bicyclic) bond motifs is 1. The topological polar surface area (TPSA) is 52.7 Å². The van der Waals surface area contributed by atoms with Gasteiger partial charge in [-0.1, -0.05) is 18.2 Å². The fraction of sp³-hybridized carbons (Fsp3) is 0.526. The number of aliphatic imine (C=N–C) groups is 1. The number of aromatic amines is 1. The predicted molar refractivity (Wildman–Crippen MR) is 97.4 cm³/mol. The number of ether oxygens (including phenoxy) is 1. The SMILES string of the molecule is CN=C(NCCc1cc2ccccc2[nH]1)N1CCC2(CCOC2)C1. The van der Waals surface area contributed by atoms with Gasteiger partial charge in [-0.25, -0.2) is 0 Å². The van der Waals surface area contributed by atoms with E-state index in [1.54, 1.807) is 0 Å². The van der Waals surface area contributed by atoms with Crippen LogP contribution in [0.5, 0.6) is 0 Å². The zero-order valence-corrected chi connectivity index (χ0v) is 14.3. The highest BCUT2D eigenvalue weighted by atomic mass is 16.5. The molecule has 3 heterocycles. The number of likely N-dealkylation sites (tertiary alicyclic amines) is 1. The third-order valence-corrected chi connectivity index (χ3v) is 5.40. The molecule has 0 amide bonds. The van der Waals surface area contributed by atoms with Gasteiger partial charge in [0.2, 0.25) is 0 Å². The highest BCUT2D eigenvalue weighted by molar-refractivity contribution is 5.81. The largest absolute Gasteiger partial charge is 0.381 e. The van der Waals surface area contributed by atoms with Crippen molar-refractivity contribution in [1.82, 2.24) is 15.2 Å². The second-order valence-electron chi connectivity index (χ2n) is 7.08. The first-order valence-electron chi connectivity index (χ1n) is 8.88. The van der Waals surface area contributed by atoms with Gasteiger partial charge in [0.25, 0.3) is 0 Å². The Labute approximate surface area is 143 Å². The fourth-order valence-electron chi connectivity index (χ4n) is 4.00. The van der Waals surface area contributed by atoms with Gasteiger partial charge >= 0.3 is 0 Å². The number of nitrogens with one attached hydrogen (secondary N) is 2. The van der Waals surface area contributed by atoms with Crippen LogP contribution in [0.3, 0.4) is 0 Å². The third-order valence-electron chi connectivity index (χ3n) is 5.40. The average molecular weight is 326 g/mol. The number of nitrogens with zero attached hydrogens (tertiary/aromatic N) is 2. The Morgan fingerprint density at radius 3 is 3.08 bits per heavy atom. The monoisotopic (exact) mass is 326 g/mol.